The Morgan fingerprint density at radius 1 is 1.18 bits per heavy atom. The van der Waals surface area contributed by atoms with Crippen molar-refractivity contribution in [1.82, 2.24) is 9.88 Å². The van der Waals surface area contributed by atoms with Gasteiger partial charge in [0.2, 0.25) is 0 Å². The Hall–Kier alpha value is -0.930. The Bertz CT molecular complexity index is 338. The standard InChI is InChI=1S/C14H25N3/c1-13(2,14(3,4)15)11-17(5)10-12-6-8-16-9-7-12/h6-9H,10-11,15H2,1-5H3. The highest BCUT2D eigenvalue weighted by atomic mass is 15.1. The second-order valence-electron chi connectivity index (χ2n) is 6.13. The summed E-state index contributed by atoms with van der Waals surface area (Å²) < 4.78 is 0. The van der Waals surface area contributed by atoms with Gasteiger partial charge in [0.15, 0.2) is 0 Å². The lowest BCUT2D eigenvalue weighted by molar-refractivity contribution is 0.126. The summed E-state index contributed by atoms with van der Waals surface area (Å²) in [5, 5.41) is 0. The maximum absolute atomic E-state index is 6.22. The van der Waals surface area contributed by atoms with Crippen LogP contribution < -0.4 is 5.73 Å². The minimum atomic E-state index is -0.181. The number of hydrogen-bond acceptors (Lipinski definition) is 3. The number of nitrogens with zero attached hydrogens (tertiary/aromatic N) is 2. The molecule has 0 radical (unpaired) electrons. The van der Waals surface area contributed by atoms with Crippen LogP contribution in [0.25, 0.3) is 0 Å². The molecule has 0 spiro atoms. The molecule has 0 aliphatic rings. The average Bonchev–Trinajstić information content (AvgIpc) is 2.16. The van der Waals surface area contributed by atoms with E-state index in [1.165, 1.54) is 5.56 Å². The van der Waals surface area contributed by atoms with E-state index in [1.54, 1.807) is 0 Å². The van der Waals surface area contributed by atoms with Crippen LogP contribution in [0.2, 0.25) is 0 Å². The number of hydrogen-bond donors (Lipinski definition) is 1. The lowest BCUT2D eigenvalue weighted by atomic mass is 9.75. The second-order valence-corrected chi connectivity index (χ2v) is 6.13. The molecule has 0 amide bonds. The van der Waals surface area contributed by atoms with Crippen LogP contribution >= 0.6 is 0 Å². The molecular weight excluding hydrogens is 210 g/mol. The van der Waals surface area contributed by atoms with E-state index in [-0.39, 0.29) is 11.0 Å². The predicted octanol–water partition coefficient (Wildman–Crippen LogP) is 2.28. The molecule has 0 saturated carbocycles. The van der Waals surface area contributed by atoms with E-state index in [0.29, 0.717) is 0 Å². The summed E-state index contributed by atoms with van der Waals surface area (Å²) in [5.74, 6) is 0. The molecule has 3 heteroatoms. The zero-order valence-corrected chi connectivity index (χ0v) is 11.7. The molecule has 0 atom stereocenters. The van der Waals surface area contributed by atoms with Crippen molar-refractivity contribution in [1.29, 1.82) is 0 Å². The third-order valence-corrected chi connectivity index (χ3v) is 3.61. The first kappa shape index (κ1) is 14.1. The summed E-state index contributed by atoms with van der Waals surface area (Å²) in [6.07, 6.45) is 3.67. The Balaban J connectivity index is 2.59. The Labute approximate surface area is 105 Å². The Morgan fingerprint density at radius 2 is 1.71 bits per heavy atom. The molecule has 17 heavy (non-hydrogen) atoms. The van der Waals surface area contributed by atoms with E-state index in [4.69, 9.17) is 5.73 Å². The maximum atomic E-state index is 6.22. The van der Waals surface area contributed by atoms with Crippen molar-refractivity contribution in [3.63, 3.8) is 0 Å². The zero-order chi connectivity index (χ0) is 13.1. The Kier molecular flexibility index (Phi) is 4.28. The highest BCUT2D eigenvalue weighted by Crippen LogP contribution is 2.29. The third kappa shape index (κ3) is 4.10. The van der Waals surface area contributed by atoms with Crippen molar-refractivity contribution in [3.05, 3.63) is 30.1 Å². The average molecular weight is 235 g/mol. The smallest absolute Gasteiger partial charge is 0.0271 e. The van der Waals surface area contributed by atoms with E-state index in [1.807, 2.05) is 12.4 Å². The van der Waals surface area contributed by atoms with Gasteiger partial charge >= 0.3 is 0 Å². The molecule has 96 valence electrons. The van der Waals surface area contributed by atoms with Gasteiger partial charge in [-0.15, -0.1) is 0 Å². The first-order valence-corrected chi connectivity index (χ1v) is 6.09. The summed E-state index contributed by atoms with van der Waals surface area (Å²) in [7, 11) is 2.13. The minimum Gasteiger partial charge on any atom is -0.325 e. The molecule has 3 nitrogen and oxygen atoms in total. The SMILES string of the molecule is CN(Cc1ccncc1)CC(C)(C)C(C)(C)N. The summed E-state index contributed by atoms with van der Waals surface area (Å²) in [5.41, 5.74) is 7.40. The first-order valence-electron chi connectivity index (χ1n) is 6.09. The van der Waals surface area contributed by atoms with E-state index < -0.39 is 0 Å². The molecule has 0 aliphatic heterocycles. The lowest BCUT2D eigenvalue weighted by Crippen LogP contribution is -2.52. The monoisotopic (exact) mass is 235 g/mol. The lowest BCUT2D eigenvalue weighted by Gasteiger charge is -2.41. The van der Waals surface area contributed by atoms with Crippen LogP contribution in [0.4, 0.5) is 0 Å². The molecule has 0 unspecified atom stereocenters. The van der Waals surface area contributed by atoms with Gasteiger partial charge in [-0.25, -0.2) is 0 Å². The molecule has 0 bridgehead atoms. The van der Waals surface area contributed by atoms with Crippen molar-refractivity contribution in [2.75, 3.05) is 13.6 Å². The molecule has 0 fully saturated rings. The van der Waals surface area contributed by atoms with E-state index in [0.717, 1.165) is 13.1 Å². The second kappa shape index (κ2) is 5.15. The fourth-order valence-corrected chi connectivity index (χ4v) is 1.73. The molecule has 0 aliphatic carbocycles. The van der Waals surface area contributed by atoms with Crippen molar-refractivity contribution >= 4 is 0 Å². The van der Waals surface area contributed by atoms with Crippen molar-refractivity contribution in [3.8, 4) is 0 Å². The van der Waals surface area contributed by atoms with Crippen LogP contribution in [0.3, 0.4) is 0 Å². The molecule has 0 saturated heterocycles. The summed E-state index contributed by atoms with van der Waals surface area (Å²) in [4.78, 5) is 6.34. The van der Waals surface area contributed by atoms with Gasteiger partial charge in [0.1, 0.15) is 0 Å². The summed E-state index contributed by atoms with van der Waals surface area (Å²) in [6, 6.07) is 4.11. The van der Waals surface area contributed by atoms with Crippen LogP contribution in [0, 0.1) is 5.41 Å². The van der Waals surface area contributed by atoms with Crippen molar-refractivity contribution in [2.24, 2.45) is 11.1 Å². The van der Waals surface area contributed by atoms with E-state index in [2.05, 4.69) is 56.8 Å². The van der Waals surface area contributed by atoms with Gasteiger partial charge in [0.05, 0.1) is 0 Å². The first-order chi connectivity index (χ1) is 7.72. The number of aromatic nitrogens is 1. The number of pyridine rings is 1. The largest absolute Gasteiger partial charge is 0.325 e. The zero-order valence-electron chi connectivity index (χ0n) is 11.7. The predicted molar refractivity (Wildman–Crippen MR) is 72.6 cm³/mol. The van der Waals surface area contributed by atoms with Gasteiger partial charge in [0.25, 0.3) is 0 Å². The molecule has 1 heterocycles. The topological polar surface area (TPSA) is 42.2 Å². The molecule has 0 aromatic carbocycles. The fraction of sp³-hybridized carbons (Fsp3) is 0.643. The van der Waals surface area contributed by atoms with Gasteiger partial charge < -0.3 is 10.6 Å². The van der Waals surface area contributed by atoms with Gasteiger partial charge in [-0.05, 0) is 44.0 Å². The summed E-state index contributed by atoms with van der Waals surface area (Å²) in [6.45, 7) is 10.5. The van der Waals surface area contributed by atoms with E-state index >= 15 is 0 Å². The minimum absolute atomic E-state index is 0.0782. The molecule has 1 aromatic rings. The molecular formula is C14H25N3. The van der Waals surface area contributed by atoms with Crippen LogP contribution in [0.5, 0.6) is 0 Å². The van der Waals surface area contributed by atoms with Gasteiger partial charge in [-0.2, -0.15) is 0 Å². The van der Waals surface area contributed by atoms with Crippen LogP contribution in [-0.4, -0.2) is 29.0 Å². The molecule has 1 aromatic heterocycles. The number of nitrogens with two attached hydrogens (primary N) is 1. The highest BCUT2D eigenvalue weighted by molar-refractivity contribution is 5.09. The Morgan fingerprint density at radius 3 is 2.18 bits per heavy atom. The maximum Gasteiger partial charge on any atom is 0.0271 e. The van der Waals surface area contributed by atoms with Gasteiger partial charge in [0, 0.05) is 31.0 Å². The molecule has 2 N–H and O–H groups in total. The quantitative estimate of drug-likeness (QED) is 0.851. The van der Waals surface area contributed by atoms with Crippen LogP contribution in [0.1, 0.15) is 33.3 Å². The van der Waals surface area contributed by atoms with Crippen LogP contribution in [0.15, 0.2) is 24.5 Å². The third-order valence-electron chi connectivity index (χ3n) is 3.61. The number of rotatable bonds is 5. The van der Waals surface area contributed by atoms with Crippen molar-refractivity contribution < 1.29 is 0 Å². The highest BCUT2D eigenvalue weighted by Gasteiger charge is 2.34. The fourth-order valence-electron chi connectivity index (χ4n) is 1.73. The molecule has 1 rings (SSSR count). The van der Waals surface area contributed by atoms with Crippen LogP contribution in [-0.2, 0) is 6.54 Å². The van der Waals surface area contributed by atoms with Gasteiger partial charge in [-0.3, -0.25) is 4.98 Å². The normalized spacial score (nSPS) is 13.1. The van der Waals surface area contributed by atoms with E-state index in [9.17, 15) is 0 Å². The van der Waals surface area contributed by atoms with Crippen molar-refractivity contribution in [2.45, 2.75) is 39.8 Å². The van der Waals surface area contributed by atoms with Gasteiger partial charge in [-0.1, -0.05) is 13.8 Å². The summed E-state index contributed by atoms with van der Waals surface area (Å²) >= 11 is 0.